The molecule has 0 aliphatic rings. The van der Waals surface area contributed by atoms with Crippen LogP contribution in [0.5, 0.6) is 0 Å². The Hall–Kier alpha value is -2.36. The van der Waals surface area contributed by atoms with Crippen molar-refractivity contribution in [2.45, 2.75) is 46.7 Å². The molecule has 1 heterocycles. The van der Waals surface area contributed by atoms with Crippen LogP contribution >= 0.6 is 0 Å². The summed E-state index contributed by atoms with van der Waals surface area (Å²) in [4.78, 5) is 24.8. The topological polar surface area (TPSA) is 51.1 Å². The Morgan fingerprint density at radius 2 is 1.74 bits per heavy atom. The summed E-state index contributed by atoms with van der Waals surface area (Å²) in [7, 11) is 0. The first kappa shape index (κ1) is 17.0. The van der Waals surface area contributed by atoms with Crippen LogP contribution in [0.15, 0.2) is 41.2 Å². The van der Waals surface area contributed by atoms with Crippen LogP contribution in [0.25, 0.3) is 0 Å². The Morgan fingerprint density at radius 1 is 1.13 bits per heavy atom. The second kappa shape index (κ2) is 6.41. The Labute approximate surface area is 137 Å². The SMILES string of the molecule is Cc1cc(=O)c(C(=O)NC(C)(C)C)c(C)n1Cc1ccccc1. The molecular weight excluding hydrogens is 288 g/mol. The van der Waals surface area contributed by atoms with Crippen molar-refractivity contribution >= 4 is 5.91 Å². The lowest BCUT2D eigenvalue weighted by Crippen LogP contribution is -2.43. The van der Waals surface area contributed by atoms with E-state index in [4.69, 9.17) is 0 Å². The summed E-state index contributed by atoms with van der Waals surface area (Å²) in [5, 5.41) is 2.88. The number of aryl methyl sites for hydroxylation is 1. The Kier molecular flexibility index (Phi) is 4.73. The molecule has 23 heavy (non-hydrogen) atoms. The van der Waals surface area contributed by atoms with E-state index in [1.54, 1.807) is 0 Å². The van der Waals surface area contributed by atoms with E-state index in [0.717, 1.165) is 11.3 Å². The number of nitrogens with one attached hydrogen (secondary N) is 1. The molecule has 0 fully saturated rings. The van der Waals surface area contributed by atoms with Gasteiger partial charge in [0.2, 0.25) is 0 Å². The van der Waals surface area contributed by atoms with Gasteiger partial charge in [0.25, 0.3) is 5.91 Å². The predicted octanol–water partition coefficient (Wildman–Crippen LogP) is 3.04. The smallest absolute Gasteiger partial charge is 0.257 e. The van der Waals surface area contributed by atoms with Crippen molar-refractivity contribution in [3.8, 4) is 0 Å². The molecule has 1 N–H and O–H groups in total. The predicted molar refractivity (Wildman–Crippen MR) is 92.9 cm³/mol. The average molecular weight is 312 g/mol. The van der Waals surface area contributed by atoms with E-state index in [2.05, 4.69) is 5.32 Å². The number of carbonyl (C=O) groups is 1. The summed E-state index contributed by atoms with van der Waals surface area (Å²) in [5.74, 6) is -0.318. The molecule has 4 nitrogen and oxygen atoms in total. The highest BCUT2D eigenvalue weighted by atomic mass is 16.2. The van der Waals surface area contributed by atoms with Crippen molar-refractivity contribution in [3.05, 3.63) is 69.1 Å². The molecule has 1 amide bonds. The van der Waals surface area contributed by atoms with Crippen molar-refractivity contribution in [2.75, 3.05) is 0 Å². The zero-order chi connectivity index (χ0) is 17.2. The van der Waals surface area contributed by atoms with E-state index >= 15 is 0 Å². The highest BCUT2D eigenvalue weighted by Crippen LogP contribution is 2.12. The molecule has 2 rings (SSSR count). The Balaban J connectivity index is 2.47. The van der Waals surface area contributed by atoms with Crippen LogP contribution in [0.3, 0.4) is 0 Å². The Morgan fingerprint density at radius 3 is 2.30 bits per heavy atom. The molecule has 0 atom stereocenters. The molecule has 0 spiro atoms. The van der Waals surface area contributed by atoms with Gasteiger partial charge in [-0.25, -0.2) is 0 Å². The number of carbonyl (C=O) groups excluding carboxylic acids is 1. The average Bonchev–Trinajstić information content (AvgIpc) is 2.42. The largest absolute Gasteiger partial charge is 0.347 e. The minimum absolute atomic E-state index is 0.224. The summed E-state index contributed by atoms with van der Waals surface area (Å²) < 4.78 is 2.01. The first-order chi connectivity index (χ1) is 10.7. The van der Waals surface area contributed by atoms with Gasteiger partial charge in [0.15, 0.2) is 5.43 Å². The van der Waals surface area contributed by atoms with Crippen LogP contribution in [-0.2, 0) is 6.54 Å². The molecule has 0 aliphatic carbocycles. The zero-order valence-corrected chi connectivity index (χ0v) is 14.4. The number of pyridine rings is 1. The number of hydrogen-bond acceptors (Lipinski definition) is 2. The van der Waals surface area contributed by atoms with Gasteiger partial charge >= 0.3 is 0 Å². The van der Waals surface area contributed by atoms with E-state index in [9.17, 15) is 9.59 Å². The lowest BCUT2D eigenvalue weighted by atomic mass is 10.1. The van der Waals surface area contributed by atoms with E-state index in [1.807, 2.05) is 69.5 Å². The second-order valence-electron chi connectivity index (χ2n) is 6.89. The summed E-state index contributed by atoms with van der Waals surface area (Å²) in [6.07, 6.45) is 0. The molecule has 2 aromatic rings. The molecule has 0 bridgehead atoms. The lowest BCUT2D eigenvalue weighted by Gasteiger charge is -2.22. The van der Waals surface area contributed by atoms with Crippen LogP contribution < -0.4 is 10.7 Å². The van der Waals surface area contributed by atoms with Crippen LogP contribution in [0, 0.1) is 13.8 Å². The summed E-state index contributed by atoms with van der Waals surface area (Å²) in [6, 6.07) is 11.5. The highest BCUT2D eigenvalue weighted by Gasteiger charge is 2.21. The van der Waals surface area contributed by atoms with Crippen LogP contribution in [0.1, 0.15) is 48.1 Å². The standard InChI is InChI=1S/C19H24N2O2/c1-13-11-16(22)17(18(23)20-19(3,4)5)14(2)21(13)12-15-9-7-6-8-10-15/h6-11H,12H2,1-5H3,(H,20,23). The first-order valence-electron chi connectivity index (χ1n) is 7.76. The van der Waals surface area contributed by atoms with Gasteiger partial charge in [-0.1, -0.05) is 30.3 Å². The fourth-order valence-electron chi connectivity index (χ4n) is 2.61. The number of aromatic nitrogens is 1. The van der Waals surface area contributed by atoms with E-state index < -0.39 is 0 Å². The maximum Gasteiger partial charge on any atom is 0.257 e. The number of nitrogens with zero attached hydrogens (tertiary/aromatic N) is 1. The normalized spacial score (nSPS) is 11.3. The third-order valence-corrected chi connectivity index (χ3v) is 3.68. The van der Waals surface area contributed by atoms with E-state index in [0.29, 0.717) is 12.2 Å². The minimum atomic E-state index is -0.384. The first-order valence-corrected chi connectivity index (χ1v) is 7.76. The molecule has 1 aromatic carbocycles. The van der Waals surface area contributed by atoms with Gasteiger partial charge in [-0.15, -0.1) is 0 Å². The van der Waals surface area contributed by atoms with Gasteiger partial charge < -0.3 is 9.88 Å². The van der Waals surface area contributed by atoms with Gasteiger partial charge in [0.1, 0.15) is 5.56 Å². The molecule has 0 saturated heterocycles. The summed E-state index contributed by atoms with van der Waals surface area (Å²) in [5.41, 5.74) is 2.28. The maximum atomic E-state index is 12.5. The third-order valence-electron chi connectivity index (χ3n) is 3.68. The molecule has 122 valence electrons. The van der Waals surface area contributed by atoms with Gasteiger partial charge in [0, 0.05) is 29.5 Å². The molecule has 0 saturated carbocycles. The molecule has 0 unspecified atom stereocenters. The quantitative estimate of drug-likeness (QED) is 0.947. The number of rotatable bonds is 3. The minimum Gasteiger partial charge on any atom is -0.347 e. The maximum absolute atomic E-state index is 12.5. The number of benzene rings is 1. The fourth-order valence-corrected chi connectivity index (χ4v) is 2.61. The monoisotopic (exact) mass is 312 g/mol. The van der Waals surface area contributed by atoms with Crippen molar-refractivity contribution in [1.29, 1.82) is 0 Å². The van der Waals surface area contributed by atoms with Gasteiger partial charge in [-0.2, -0.15) is 0 Å². The second-order valence-corrected chi connectivity index (χ2v) is 6.89. The zero-order valence-electron chi connectivity index (χ0n) is 14.4. The van der Waals surface area contributed by atoms with E-state index in [1.165, 1.54) is 6.07 Å². The van der Waals surface area contributed by atoms with Crippen LogP contribution in [-0.4, -0.2) is 16.0 Å². The van der Waals surface area contributed by atoms with Gasteiger partial charge in [-0.3, -0.25) is 9.59 Å². The van der Waals surface area contributed by atoms with Gasteiger partial charge in [-0.05, 0) is 40.2 Å². The van der Waals surface area contributed by atoms with Crippen molar-refractivity contribution < 1.29 is 4.79 Å². The molecule has 0 radical (unpaired) electrons. The lowest BCUT2D eigenvalue weighted by molar-refractivity contribution is 0.0917. The van der Waals surface area contributed by atoms with Crippen molar-refractivity contribution in [2.24, 2.45) is 0 Å². The van der Waals surface area contributed by atoms with E-state index in [-0.39, 0.29) is 22.4 Å². The molecule has 0 aliphatic heterocycles. The molecular formula is C19H24N2O2. The summed E-state index contributed by atoms with van der Waals surface area (Å²) >= 11 is 0. The van der Waals surface area contributed by atoms with Crippen molar-refractivity contribution in [1.82, 2.24) is 9.88 Å². The van der Waals surface area contributed by atoms with Crippen molar-refractivity contribution in [3.63, 3.8) is 0 Å². The third kappa shape index (κ3) is 4.09. The highest BCUT2D eigenvalue weighted by molar-refractivity contribution is 5.95. The fraction of sp³-hybridized carbons (Fsp3) is 0.368. The number of hydrogen-bond donors (Lipinski definition) is 1. The Bertz CT molecular complexity index is 768. The molecule has 4 heteroatoms. The van der Waals surface area contributed by atoms with Gasteiger partial charge in [0.05, 0.1) is 0 Å². The molecule has 1 aromatic heterocycles. The van der Waals surface area contributed by atoms with Crippen LogP contribution in [0.2, 0.25) is 0 Å². The summed E-state index contributed by atoms with van der Waals surface area (Å²) in [6.45, 7) is 10.1. The van der Waals surface area contributed by atoms with Crippen LogP contribution in [0.4, 0.5) is 0 Å². The number of amides is 1.